The summed E-state index contributed by atoms with van der Waals surface area (Å²) in [6.45, 7) is 4.96. The molecule has 0 aliphatic carbocycles. The average molecular weight is 225 g/mol. The van der Waals surface area contributed by atoms with E-state index in [1.165, 1.54) is 0 Å². The van der Waals surface area contributed by atoms with Gasteiger partial charge in [0.25, 0.3) is 0 Å². The van der Waals surface area contributed by atoms with E-state index in [4.69, 9.17) is 4.74 Å². The Morgan fingerprint density at radius 2 is 2.25 bits per heavy atom. The Labute approximate surface area is 98.0 Å². The molecule has 0 amide bonds. The van der Waals surface area contributed by atoms with E-state index in [0.29, 0.717) is 0 Å². The Morgan fingerprint density at radius 1 is 1.50 bits per heavy atom. The van der Waals surface area contributed by atoms with E-state index in [0.717, 1.165) is 25.3 Å². The van der Waals surface area contributed by atoms with Gasteiger partial charge >= 0.3 is 0 Å². The van der Waals surface area contributed by atoms with E-state index in [9.17, 15) is 0 Å². The maximum absolute atomic E-state index is 5.80. The van der Waals surface area contributed by atoms with Gasteiger partial charge in [-0.25, -0.2) is 4.98 Å². The molecule has 4 heteroatoms. The van der Waals surface area contributed by atoms with Gasteiger partial charge < -0.3 is 14.6 Å². The van der Waals surface area contributed by atoms with Crippen molar-refractivity contribution in [2.45, 2.75) is 38.8 Å². The second-order valence-corrected chi connectivity index (χ2v) is 3.95. The van der Waals surface area contributed by atoms with Gasteiger partial charge in [-0.1, -0.05) is 13.3 Å². The molecule has 0 saturated heterocycles. The summed E-state index contributed by atoms with van der Waals surface area (Å²) in [5.74, 6) is 1.04. The van der Waals surface area contributed by atoms with Crippen LogP contribution in [0.2, 0.25) is 0 Å². The largest absolute Gasteiger partial charge is 0.376 e. The van der Waals surface area contributed by atoms with Crippen LogP contribution in [0.5, 0.6) is 0 Å². The molecule has 0 radical (unpaired) electrons. The smallest absolute Gasteiger partial charge is 0.128 e. The summed E-state index contributed by atoms with van der Waals surface area (Å²) in [5, 5.41) is 3.31. The molecule has 1 rings (SSSR count). The number of nitrogens with one attached hydrogen (secondary N) is 1. The van der Waals surface area contributed by atoms with Crippen molar-refractivity contribution in [3.63, 3.8) is 0 Å². The predicted octanol–water partition coefficient (Wildman–Crippen LogP) is 1.89. The maximum atomic E-state index is 5.80. The number of nitrogens with zero attached hydrogens (tertiary/aromatic N) is 2. The summed E-state index contributed by atoms with van der Waals surface area (Å²) in [6, 6.07) is 0.167. The van der Waals surface area contributed by atoms with Crippen LogP contribution in [-0.4, -0.2) is 29.3 Å². The quantitative estimate of drug-likeness (QED) is 0.770. The van der Waals surface area contributed by atoms with Crippen LogP contribution in [0.1, 0.15) is 38.6 Å². The standard InChI is InChI=1S/C12H23N3O/c1-5-7-10(16-6-2)11(13-3)12-14-8-9-15(12)4/h8-11,13H,5-7H2,1-4H3. The summed E-state index contributed by atoms with van der Waals surface area (Å²) < 4.78 is 7.84. The van der Waals surface area contributed by atoms with Gasteiger partial charge in [0.15, 0.2) is 0 Å². The molecular weight excluding hydrogens is 202 g/mol. The fourth-order valence-electron chi connectivity index (χ4n) is 2.00. The molecule has 92 valence electrons. The van der Waals surface area contributed by atoms with Crippen LogP contribution in [0.3, 0.4) is 0 Å². The van der Waals surface area contributed by atoms with Crippen LogP contribution in [-0.2, 0) is 11.8 Å². The van der Waals surface area contributed by atoms with Crippen molar-refractivity contribution in [2.24, 2.45) is 7.05 Å². The van der Waals surface area contributed by atoms with Crippen molar-refractivity contribution in [1.29, 1.82) is 0 Å². The third-order valence-corrected chi connectivity index (χ3v) is 2.77. The molecular formula is C12H23N3O. The van der Waals surface area contributed by atoms with Gasteiger partial charge in [-0.05, 0) is 20.4 Å². The first-order chi connectivity index (χ1) is 7.74. The summed E-state index contributed by atoms with van der Waals surface area (Å²) in [5.41, 5.74) is 0. The summed E-state index contributed by atoms with van der Waals surface area (Å²) in [6.07, 6.45) is 6.16. The molecule has 0 saturated carbocycles. The first kappa shape index (κ1) is 13.2. The highest BCUT2D eigenvalue weighted by Gasteiger charge is 2.24. The number of likely N-dealkylation sites (N-methyl/N-ethyl adjacent to an activating group) is 1. The number of hydrogen-bond acceptors (Lipinski definition) is 3. The van der Waals surface area contributed by atoms with Crippen LogP contribution >= 0.6 is 0 Å². The molecule has 2 atom stereocenters. The second kappa shape index (κ2) is 6.66. The molecule has 0 aliphatic heterocycles. The minimum atomic E-state index is 0.167. The zero-order valence-electron chi connectivity index (χ0n) is 10.7. The van der Waals surface area contributed by atoms with Crippen molar-refractivity contribution < 1.29 is 4.74 Å². The number of rotatable bonds is 7. The van der Waals surface area contributed by atoms with Crippen LogP contribution in [0.4, 0.5) is 0 Å². The third kappa shape index (κ3) is 3.06. The van der Waals surface area contributed by atoms with Gasteiger partial charge in [-0.2, -0.15) is 0 Å². The Kier molecular flexibility index (Phi) is 5.49. The molecule has 0 spiro atoms. The minimum Gasteiger partial charge on any atom is -0.376 e. The number of ether oxygens (including phenoxy) is 1. The molecule has 1 N–H and O–H groups in total. The fraction of sp³-hybridized carbons (Fsp3) is 0.750. The number of imidazole rings is 1. The Morgan fingerprint density at radius 3 is 2.69 bits per heavy atom. The lowest BCUT2D eigenvalue weighted by Crippen LogP contribution is -2.33. The lowest BCUT2D eigenvalue weighted by atomic mass is 10.1. The van der Waals surface area contributed by atoms with Crippen molar-refractivity contribution >= 4 is 0 Å². The summed E-state index contributed by atoms with van der Waals surface area (Å²) in [4.78, 5) is 4.39. The Bertz CT molecular complexity index is 292. The number of hydrogen-bond donors (Lipinski definition) is 1. The molecule has 0 fully saturated rings. The van der Waals surface area contributed by atoms with Gasteiger partial charge in [0.05, 0.1) is 12.1 Å². The van der Waals surface area contributed by atoms with E-state index >= 15 is 0 Å². The summed E-state index contributed by atoms with van der Waals surface area (Å²) in [7, 11) is 3.97. The lowest BCUT2D eigenvalue weighted by molar-refractivity contribution is 0.0267. The monoisotopic (exact) mass is 225 g/mol. The van der Waals surface area contributed by atoms with Gasteiger partial charge in [-0.15, -0.1) is 0 Å². The number of aryl methyl sites for hydroxylation is 1. The predicted molar refractivity (Wildman–Crippen MR) is 65.3 cm³/mol. The first-order valence-electron chi connectivity index (χ1n) is 6.00. The van der Waals surface area contributed by atoms with E-state index in [2.05, 4.69) is 17.2 Å². The molecule has 1 aromatic rings. The third-order valence-electron chi connectivity index (χ3n) is 2.77. The fourth-order valence-corrected chi connectivity index (χ4v) is 2.00. The van der Waals surface area contributed by atoms with Gasteiger partial charge in [-0.3, -0.25) is 0 Å². The molecule has 0 aliphatic rings. The van der Waals surface area contributed by atoms with E-state index in [1.54, 1.807) is 0 Å². The Hall–Kier alpha value is -0.870. The van der Waals surface area contributed by atoms with Crippen LogP contribution < -0.4 is 5.32 Å². The number of aromatic nitrogens is 2. The normalized spacial score (nSPS) is 15.0. The topological polar surface area (TPSA) is 39.1 Å². The summed E-state index contributed by atoms with van der Waals surface area (Å²) >= 11 is 0. The van der Waals surface area contributed by atoms with E-state index in [1.807, 2.05) is 38.0 Å². The zero-order valence-corrected chi connectivity index (χ0v) is 10.7. The maximum Gasteiger partial charge on any atom is 0.128 e. The first-order valence-corrected chi connectivity index (χ1v) is 6.00. The van der Waals surface area contributed by atoms with E-state index in [-0.39, 0.29) is 12.1 Å². The molecule has 0 aromatic carbocycles. The van der Waals surface area contributed by atoms with Gasteiger partial charge in [0.2, 0.25) is 0 Å². The molecule has 16 heavy (non-hydrogen) atoms. The molecule has 4 nitrogen and oxygen atoms in total. The van der Waals surface area contributed by atoms with Crippen LogP contribution in [0, 0.1) is 0 Å². The highest BCUT2D eigenvalue weighted by molar-refractivity contribution is 5.01. The van der Waals surface area contributed by atoms with Crippen LogP contribution in [0.25, 0.3) is 0 Å². The molecule has 1 aromatic heterocycles. The van der Waals surface area contributed by atoms with Crippen molar-refractivity contribution in [3.05, 3.63) is 18.2 Å². The molecule has 1 heterocycles. The Balaban J connectivity index is 2.81. The van der Waals surface area contributed by atoms with Crippen molar-refractivity contribution in [3.8, 4) is 0 Å². The highest BCUT2D eigenvalue weighted by atomic mass is 16.5. The van der Waals surface area contributed by atoms with Crippen LogP contribution in [0.15, 0.2) is 12.4 Å². The minimum absolute atomic E-state index is 0.167. The van der Waals surface area contributed by atoms with Gasteiger partial charge in [0.1, 0.15) is 5.82 Å². The average Bonchev–Trinajstić information content (AvgIpc) is 2.67. The van der Waals surface area contributed by atoms with E-state index < -0.39 is 0 Å². The lowest BCUT2D eigenvalue weighted by Gasteiger charge is -2.26. The molecule has 2 unspecified atom stereocenters. The van der Waals surface area contributed by atoms with Crippen molar-refractivity contribution in [1.82, 2.24) is 14.9 Å². The molecule has 0 bridgehead atoms. The van der Waals surface area contributed by atoms with Crippen molar-refractivity contribution in [2.75, 3.05) is 13.7 Å². The second-order valence-electron chi connectivity index (χ2n) is 3.95. The SMILES string of the molecule is CCCC(OCC)C(NC)c1nccn1C. The highest BCUT2D eigenvalue weighted by Crippen LogP contribution is 2.20. The zero-order chi connectivity index (χ0) is 12.0. The van der Waals surface area contributed by atoms with Gasteiger partial charge in [0, 0.05) is 26.0 Å².